The molecule has 2 unspecified atom stereocenters. The topological polar surface area (TPSA) is 126 Å². The number of piperidine rings is 1. The maximum Gasteiger partial charge on any atom is 0.337 e. The van der Waals surface area contributed by atoms with Crippen molar-refractivity contribution in [1.82, 2.24) is 9.38 Å². The van der Waals surface area contributed by atoms with Gasteiger partial charge in [0.25, 0.3) is 0 Å². The number of hydrogen-bond donors (Lipinski definition) is 3. The van der Waals surface area contributed by atoms with Gasteiger partial charge in [-0.2, -0.15) is 0 Å². The number of aliphatic hydroxyl groups is 1. The molecule has 2 aromatic heterocycles. The third kappa shape index (κ3) is 8.24. The van der Waals surface area contributed by atoms with Gasteiger partial charge in [0.1, 0.15) is 23.0 Å². The number of aliphatic carboxylic acids is 1. The Labute approximate surface area is 287 Å². The summed E-state index contributed by atoms with van der Waals surface area (Å²) >= 11 is 0. The molecule has 0 aliphatic carbocycles. The summed E-state index contributed by atoms with van der Waals surface area (Å²) in [5.41, 5.74) is 4.15. The fourth-order valence-electron chi connectivity index (χ4n) is 6.36. The first-order valence-corrected chi connectivity index (χ1v) is 16.7. The summed E-state index contributed by atoms with van der Waals surface area (Å²) in [5, 5.41) is 30.5. The Morgan fingerprint density at radius 1 is 1.06 bits per heavy atom. The molecule has 264 valence electrons. The molecule has 4 aromatic rings. The van der Waals surface area contributed by atoms with Gasteiger partial charge in [0, 0.05) is 36.0 Å². The van der Waals surface area contributed by atoms with Gasteiger partial charge in [0.15, 0.2) is 6.10 Å². The largest absolute Gasteiger partial charge is 0.507 e. The van der Waals surface area contributed by atoms with E-state index < -0.39 is 35.2 Å². The Hall–Kier alpha value is -4.03. The molecule has 3 N–H and O–H groups in total. The van der Waals surface area contributed by atoms with Gasteiger partial charge in [-0.25, -0.2) is 14.2 Å². The van der Waals surface area contributed by atoms with Crippen LogP contribution < -0.4 is 4.90 Å². The number of aromatic nitrogens is 2. The van der Waals surface area contributed by atoms with Crippen LogP contribution in [0, 0.1) is 19.7 Å². The van der Waals surface area contributed by atoms with Crippen LogP contribution in [0.2, 0.25) is 0 Å². The summed E-state index contributed by atoms with van der Waals surface area (Å²) in [4.78, 5) is 20.2. The van der Waals surface area contributed by atoms with Gasteiger partial charge >= 0.3 is 5.97 Å². The molecule has 3 heterocycles. The first-order valence-electron chi connectivity index (χ1n) is 16.7. The Balaban J connectivity index is 1.58. The van der Waals surface area contributed by atoms with Crippen molar-refractivity contribution >= 4 is 17.4 Å². The van der Waals surface area contributed by atoms with E-state index in [1.54, 1.807) is 13.0 Å². The Morgan fingerprint density at radius 3 is 2.41 bits per heavy atom. The zero-order valence-corrected chi connectivity index (χ0v) is 29.4. The summed E-state index contributed by atoms with van der Waals surface area (Å²) in [6.07, 6.45) is 1.52. The molecule has 0 amide bonds. The number of aliphatic hydroxyl groups excluding tert-OH is 1. The van der Waals surface area contributed by atoms with Crippen LogP contribution in [-0.4, -0.2) is 80.9 Å². The van der Waals surface area contributed by atoms with Crippen molar-refractivity contribution in [3.05, 3.63) is 71.2 Å². The minimum Gasteiger partial charge on any atom is -0.507 e. The molecule has 49 heavy (non-hydrogen) atoms. The molecule has 0 spiro atoms. The van der Waals surface area contributed by atoms with Gasteiger partial charge in [-0.1, -0.05) is 18.2 Å². The number of nitrogens with zero attached hydrogens (tertiary/aromatic N) is 3. The lowest BCUT2D eigenvalue weighted by molar-refractivity contribution is -0.160. The number of ether oxygens (including phenoxy) is 3. The zero-order valence-electron chi connectivity index (χ0n) is 29.4. The lowest BCUT2D eigenvalue weighted by Gasteiger charge is -2.42. The van der Waals surface area contributed by atoms with Gasteiger partial charge in [-0.3, -0.25) is 4.40 Å². The highest BCUT2D eigenvalue weighted by molar-refractivity contribution is 5.81. The zero-order chi connectivity index (χ0) is 35.7. The maximum absolute atomic E-state index is 14.1. The quantitative estimate of drug-likeness (QED) is 0.138. The van der Waals surface area contributed by atoms with Gasteiger partial charge < -0.3 is 34.4 Å². The number of pyridine rings is 1. The standard InChI is InChI=1S/C38H48FN3O7/c1-23(43)22-47-17-18-48-38(7)13-15-41(16-14-38)35-32(33(36(45)46)49-37(4,5)6)24(2)25(3)34-40-30(21-42(34)35)27-10-8-9-26(19-27)29-20-28(39)11-12-31(29)44/h8-12,19-21,23,33,43-44H,13-18,22H2,1-7H3,(H,45,46). The normalized spacial score (nSPS) is 16.2. The lowest BCUT2D eigenvalue weighted by Crippen LogP contribution is -2.46. The fraction of sp³-hybridized carbons (Fsp3) is 0.474. The minimum absolute atomic E-state index is 0.0288. The number of fused-ring (bicyclic) bond motifs is 1. The number of aromatic hydroxyl groups is 1. The van der Waals surface area contributed by atoms with E-state index in [0.29, 0.717) is 73.0 Å². The van der Waals surface area contributed by atoms with E-state index in [1.807, 2.05) is 63.4 Å². The van der Waals surface area contributed by atoms with Crippen LogP contribution in [0.1, 0.15) is 70.3 Å². The van der Waals surface area contributed by atoms with Gasteiger partial charge in [0.2, 0.25) is 0 Å². The number of aryl methyl sites for hydroxylation is 1. The van der Waals surface area contributed by atoms with Crippen LogP contribution in [-0.2, 0) is 19.0 Å². The summed E-state index contributed by atoms with van der Waals surface area (Å²) < 4.78 is 34.1. The smallest absolute Gasteiger partial charge is 0.337 e. The number of carboxylic acids is 1. The van der Waals surface area contributed by atoms with Crippen molar-refractivity contribution in [3.8, 4) is 28.1 Å². The number of benzene rings is 2. The number of phenolic OH excluding ortho intramolecular Hbond substituents is 1. The van der Waals surface area contributed by atoms with E-state index in [9.17, 15) is 24.5 Å². The molecule has 0 radical (unpaired) electrons. The second-order valence-electron chi connectivity index (χ2n) is 14.2. The van der Waals surface area contributed by atoms with Crippen LogP contribution in [0.15, 0.2) is 48.7 Å². The van der Waals surface area contributed by atoms with Crippen molar-refractivity contribution < 1.29 is 38.7 Å². The van der Waals surface area contributed by atoms with Crippen LogP contribution in [0.3, 0.4) is 0 Å². The molecule has 0 saturated carbocycles. The predicted octanol–water partition coefficient (Wildman–Crippen LogP) is 6.84. The SMILES string of the molecule is Cc1c(C(OC(C)(C)C)C(=O)O)c(N2CCC(C)(OCCOCC(C)O)CC2)n2cc(-c3cccc(-c4cc(F)ccc4O)c3)nc2c1C. The highest BCUT2D eigenvalue weighted by Gasteiger charge is 2.38. The van der Waals surface area contributed by atoms with Crippen molar-refractivity contribution in [3.63, 3.8) is 0 Å². The van der Waals surface area contributed by atoms with Crippen molar-refractivity contribution in [2.24, 2.45) is 0 Å². The van der Waals surface area contributed by atoms with Crippen molar-refractivity contribution in [1.29, 1.82) is 0 Å². The van der Waals surface area contributed by atoms with Crippen molar-refractivity contribution in [2.45, 2.75) is 84.7 Å². The first-order chi connectivity index (χ1) is 23.1. The Morgan fingerprint density at radius 2 is 1.76 bits per heavy atom. The van der Waals surface area contributed by atoms with Crippen LogP contribution in [0.5, 0.6) is 5.75 Å². The van der Waals surface area contributed by atoms with E-state index in [1.165, 1.54) is 18.2 Å². The first kappa shape index (κ1) is 36.3. The van der Waals surface area contributed by atoms with E-state index in [2.05, 4.69) is 11.8 Å². The molecule has 10 nitrogen and oxygen atoms in total. The summed E-state index contributed by atoms with van der Waals surface area (Å²) in [7, 11) is 0. The van der Waals surface area contributed by atoms with E-state index in [0.717, 1.165) is 16.7 Å². The number of rotatable bonds is 12. The van der Waals surface area contributed by atoms with Gasteiger partial charge in [0.05, 0.1) is 42.8 Å². The molecule has 1 fully saturated rings. The Kier molecular flexibility index (Phi) is 10.7. The average Bonchev–Trinajstić information content (AvgIpc) is 3.48. The minimum atomic E-state index is -1.24. The van der Waals surface area contributed by atoms with E-state index >= 15 is 0 Å². The number of phenols is 1. The molecule has 1 aliphatic heterocycles. The lowest BCUT2D eigenvalue weighted by atomic mass is 9.92. The fourth-order valence-corrected chi connectivity index (χ4v) is 6.36. The maximum atomic E-state index is 14.1. The van der Waals surface area contributed by atoms with E-state index in [4.69, 9.17) is 19.2 Å². The summed E-state index contributed by atoms with van der Waals surface area (Å²) in [6, 6.07) is 11.3. The average molecular weight is 678 g/mol. The van der Waals surface area contributed by atoms with Crippen molar-refractivity contribution in [2.75, 3.05) is 37.8 Å². The molecule has 5 rings (SSSR count). The number of hydrogen-bond acceptors (Lipinski definition) is 8. The number of carboxylic acid groups (broad SMARTS) is 1. The summed E-state index contributed by atoms with van der Waals surface area (Å²) in [6.45, 7) is 15.4. The van der Waals surface area contributed by atoms with Gasteiger partial charge in [-0.15, -0.1) is 0 Å². The molecule has 0 bridgehead atoms. The van der Waals surface area contributed by atoms with Gasteiger partial charge in [-0.05, 0) is 102 Å². The van der Waals surface area contributed by atoms with Crippen LogP contribution in [0.4, 0.5) is 10.2 Å². The highest BCUT2D eigenvalue weighted by atomic mass is 19.1. The number of anilines is 1. The molecule has 2 atom stereocenters. The third-order valence-electron chi connectivity index (χ3n) is 9.02. The highest BCUT2D eigenvalue weighted by Crippen LogP contribution is 2.41. The monoisotopic (exact) mass is 677 g/mol. The molecule has 1 saturated heterocycles. The Bertz CT molecular complexity index is 1810. The molecule has 2 aromatic carbocycles. The predicted molar refractivity (Wildman–Crippen MR) is 187 cm³/mol. The number of halogens is 1. The molecule has 1 aliphatic rings. The molecular formula is C38H48FN3O7. The van der Waals surface area contributed by atoms with E-state index in [-0.39, 0.29) is 12.4 Å². The summed E-state index contributed by atoms with van der Waals surface area (Å²) in [5.74, 6) is -0.857. The number of carbonyl (C=O) groups is 1. The third-order valence-corrected chi connectivity index (χ3v) is 9.02. The molecular weight excluding hydrogens is 629 g/mol. The second kappa shape index (κ2) is 14.4. The second-order valence-corrected chi connectivity index (χ2v) is 14.2. The molecule has 11 heteroatoms. The van der Waals surface area contributed by atoms with Crippen LogP contribution in [0.25, 0.3) is 28.0 Å². The van der Waals surface area contributed by atoms with Crippen LogP contribution >= 0.6 is 0 Å². The number of imidazole rings is 1.